The summed E-state index contributed by atoms with van der Waals surface area (Å²) in [7, 11) is 0. The van der Waals surface area contributed by atoms with Crippen molar-refractivity contribution < 1.29 is 9.72 Å². The average molecular weight is 310 g/mol. The molecule has 1 N–H and O–H groups in total. The van der Waals surface area contributed by atoms with Gasteiger partial charge >= 0.3 is 0 Å². The molecule has 104 valence electrons. The summed E-state index contributed by atoms with van der Waals surface area (Å²) in [6.07, 6.45) is 0. The van der Waals surface area contributed by atoms with Crippen LogP contribution in [0.3, 0.4) is 0 Å². The van der Waals surface area contributed by atoms with E-state index in [0.29, 0.717) is 5.69 Å². The molecule has 0 aliphatic carbocycles. The fourth-order valence-electron chi connectivity index (χ4n) is 1.36. The van der Waals surface area contributed by atoms with Crippen LogP contribution in [0.15, 0.2) is 28.6 Å². The molecule has 0 saturated carbocycles. The predicted molar refractivity (Wildman–Crippen MR) is 77.1 cm³/mol. The van der Waals surface area contributed by atoms with Crippen LogP contribution in [0.4, 0.5) is 11.4 Å². The molecule has 20 heavy (non-hydrogen) atoms. The van der Waals surface area contributed by atoms with Crippen molar-refractivity contribution in [2.24, 2.45) is 0 Å². The number of nitrogens with one attached hydrogen (secondary N) is 1. The Bertz CT molecular complexity index is 644. The minimum Gasteiger partial charge on any atom is -0.325 e. The van der Waals surface area contributed by atoms with Crippen LogP contribution >= 0.6 is 23.1 Å². The summed E-state index contributed by atoms with van der Waals surface area (Å²) < 4.78 is 0.719. The van der Waals surface area contributed by atoms with Crippen LogP contribution < -0.4 is 5.32 Å². The molecule has 0 aliphatic rings. The molecule has 0 unspecified atom stereocenters. The second-order valence-corrected chi connectivity index (χ2v) is 6.14. The first-order valence-corrected chi connectivity index (χ1v) is 7.32. The number of benzene rings is 1. The molecule has 0 aliphatic heterocycles. The van der Waals surface area contributed by atoms with Crippen molar-refractivity contribution in [1.29, 1.82) is 0 Å². The number of hydrogen-bond acceptors (Lipinski definition) is 7. The molecule has 1 amide bonds. The molecule has 0 atom stereocenters. The molecule has 1 aromatic carbocycles. The van der Waals surface area contributed by atoms with E-state index in [1.165, 1.54) is 41.3 Å². The zero-order valence-corrected chi connectivity index (χ0v) is 12.0. The smallest absolute Gasteiger partial charge is 0.271 e. The molecule has 7 nitrogen and oxygen atoms in total. The maximum Gasteiger partial charge on any atom is 0.271 e. The summed E-state index contributed by atoms with van der Waals surface area (Å²) >= 11 is 2.69. The molecule has 0 saturated heterocycles. The fraction of sp³-hybridized carbons (Fsp3) is 0.182. The van der Waals surface area contributed by atoms with E-state index in [-0.39, 0.29) is 17.3 Å². The lowest BCUT2D eigenvalue weighted by Crippen LogP contribution is -2.14. The Labute approximate surface area is 122 Å². The molecular weight excluding hydrogens is 300 g/mol. The number of hydrogen-bond donors (Lipinski definition) is 1. The van der Waals surface area contributed by atoms with Gasteiger partial charge in [0.15, 0.2) is 4.34 Å². The summed E-state index contributed by atoms with van der Waals surface area (Å²) in [5.41, 5.74) is 0.341. The van der Waals surface area contributed by atoms with Gasteiger partial charge in [0, 0.05) is 17.8 Å². The number of thioether (sulfide) groups is 1. The normalized spacial score (nSPS) is 10.2. The van der Waals surface area contributed by atoms with Crippen LogP contribution in [-0.2, 0) is 4.79 Å². The van der Waals surface area contributed by atoms with Gasteiger partial charge in [0.05, 0.1) is 10.7 Å². The summed E-state index contributed by atoms with van der Waals surface area (Å²) in [6.45, 7) is 1.84. The number of nitro benzene ring substituents is 1. The van der Waals surface area contributed by atoms with E-state index in [1.807, 2.05) is 6.92 Å². The van der Waals surface area contributed by atoms with Crippen LogP contribution in [-0.4, -0.2) is 26.8 Å². The highest BCUT2D eigenvalue weighted by Crippen LogP contribution is 2.22. The first-order valence-electron chi connectivity index (χ1n) is 5.52. The Balaban J connectivity index is 1.91. The van der Waals surface area contributed by atoms with Crippen molar-refractivity contribution in [1.82, 2.24) is 10.2 Å². The first kappa shape index (κ1) is 14.4. The lowest BCUT2D eigenvalue weighted by atomic mass is 10.3. The predicted octanol–water partition coefficient (Wildman–Crippen LogP) is 2.49. The molecule has 2 aromatic rings. The Morgan fingerprint density at radius 3 is 2.95 bits per heavy atom. The standard InChI is InChI=1S/C11H10N4O3S2/c1-7-13-14-11(20-7)19-6-10(16)12-8-3-2-4-9(5-8)15(17)18/h2-5H,6H2,1H3,(H,12,16). The molecule has 0 bridgehead atoms. The third-order valence-corrected chi connectivity index (χ3v) is 4.15. The van der Waals surface area contributed by atoms with Gasteiger partial charge in [-0.15, -0.1) is 10.2 Å². The van der Waals surface area contributed by atoms with Crippen LogP contribution in [0.25, 0.3) is 0 Å². The summed E-state index contributed by atoms with van der Waals surface area (Å²) in [4.78, 5) is 21.8. The van der Waals surface area contributed by atoms with E-state index in [0.717, 1.165) is 9.35 Å². The zero-order valence-electron chi connectivity index (χ0n) is 10.4. The Kier molecular flexibility index (Phi) is 4.64. The van der Waals surface area contributed by atoms with E-state index in [9.17, 15) is 14.9 Å². The van der Waals surface area contributed by atoms with Crippen molar-refractivity contribution in [3.8, 4) is 0 Å². The van der Waals surface area contributed by atoms with E-state index >= 15 is 0 Å². The average Bonchev–Trinajstić information content (AvgIpc) is 2.82. The second kappa shape index (κ2) is 6.44. The quantitative estimate of drug-likeness (QED) is 0.517. The van der Waals surface area contributed by atoms with Crippen LogP contribution in [0.1, 0.15) is 5.01 Å². The minimum absolute atomic E-state index is 0.0600. The van der Waals surface area contributed by atoms with Gasteiger partial charge in [0.1, 0.15) is 5.01 Å². The van der Waals surface area contributed by atoms with Crippen molar-refractivity contribution in [3.63, 3.8) is 0 Å². The van der Waals surface area contributed by atoms with Crippen LogP contribution in [0.2, 0.25) is 0 Å². The van der Waals surface area contributed by atoms with E-state index in [4.69, 9.17) is 0 Å². The topological polar surface area (TPSA) is 98.0 Å². The van der Waals surface area contributed by atoms with Gasteiger partial charge in [-0.3, -0.25) is 14.9 Å². The molecule has 1 aromatic heterocycles. The maximum absolute atomic E-state index is 11.7. The Morgan fingerprint density at radius 1 is 1.50 bits per heavy atom. The molecule has 2 rings (SSSR count). The SMILES string of the molecule is Cc1nnc(SCC(=O)Nc2cccc([N+](=O)[O-])c2)s1. The monoisotopic (exact) mass is 310 g/mol. The van der Waals surface area contributed by atoms with Crippen LogP contribution in [0, 0.1) is 17.0 Å². The van der Waals surface area contributed by atoms with Crippen molar-refractivity contribution >= 4 is 40.4 Å². The van der Waals surface area contributed by atoms with Crippen molar-refractivity contribution in [2.45, 2.75) is 11.3 Å². The fourth-order valence-corrected chi connectivity index (χ4v) is 2.97. The van der Waals surface area contributed by atoms with Gasteiger partial charge in [-0.2, -0.15) is 0 Å². The Morgan fingerprint density at radius 2 is 2.30 bits per heavy atom. The van der Waals surface area contributed by atoms with Crippen LogP contribution in [0.5, 0.6) is 0 Å². The zero-order chi connectivity index (χ0) is 14.5. The number of nitrogens with zero attached hydrogens (tertiary/aromatic N) is 3. The van der Waals surface area contributed by atoms with Gasteiger partial charge in [-0.25, -0.2) is 0 Å². The van der Waals surface area contributed by atoms with E-state index in [1.54, 1.807) is 6.07 Å². The van der Waals surface area contributed by atoms with Gasteiger partial charge < -0.3 is 5.32 Å². The third-order valence-electron chi connectivity index (χ3n) is 2.17. The molecule has 9 heteroatoms. The van der Waals surface area contributed by atoms with Crippen molar-refractivity contribution in [2.75, 3.05) is 11.1 Å². The highest BCUT2D eigenvalue weighted by Gasteiger charge is 2.09. The van der Waals surface area contributed by atoms with E-state index < -0.39 is 4.92 Å². The number of rotatable bonds is 5. The maximum atomic E-state index is 11.7. The largest absolute Gasteiger partial charge is 0.325 e. The number of carbonyl (C=O) groups excluding carboxylic acids is 1. The lowest BCUT2D eigenvalue weighted by molar-refractivity contribution is -0.384. The summed E-state index contributed by atoms with van der Waals surface area (Å²) in [5, 5.41) is 21.8. The Hall–Kier alpha value is -2.00. The van der Waals surface area contributed by atoms with Gasteiger partial charge in [0.2, 0.25) is 5.91 Å². The number of aryl methyl sites for hydroxylation is 1. The molecule has 0 fully saturated rings. The van der Waals surface area contributed by atoms with E-state index in [2.05, 4.69) is 15.5 Å². The highest BCUT2D eigenvalue weighted by atomic mass is 32.2. The number of nitro groups is 1. The van der Waals surface area contributed by atoms with Gasteiger partial charge in [0.25, 0.3) is 5.69 Å². The number of anilines is 1. The number of carbonyl (C=O) groups is 1. The van der Waals surface area contributed by atoms with Crippen molar-refractivity contribution in [3.05, 3.63) is 39.4 Å². The molecule has 0 spiro atoms. The van der Waals surface area contributed by atoms with Gasteiger partial charge in [-0.05, 0) is 13.0 Å². The first-order chi connectivity index (χ1) is 9.54. The molecule has 1 heterocycles. The lowest BCUT2D eigenvalue weighted by Gasteiger charge is -2.03. The number of amides is 1. The summed E-state index contributed by atoms with van der Waals surface area (Å²) in [5.74, 6) is -0.0690. The summed E-state index contributed by atoms with van der Waals surface area (Å²) in [6, 6.07) is 5.81. The molecule has 0 radical (unpaired) electrons. The van der Waals surface area contributed by atoms with Gasteiger partial charge in [-0.1, -0.05) is 29.2 Å². The number of aromatic nitrogens is 2. The highest BCUT2D eigenvalue weighted by molar-refractivity contribution is 8.01. The second-order valence-electron chi connectivity index (χ2n) is 3.73. The third kappa shape index (κ3) is 4.00. The molecular formula is C11H10N4O3S2. The number of non-ortho nitro benzene ring substituents is 1. The minimum atomic E-state index is -0.506.